The van der Waals surface area contributed by atoms with Crippen LogP contribution in [0.15, 0.2) is 12.2 Å². The van der Waals surface area contributed by atoms with Gasteiger partial charge in [-0.05, 0) is 39.0 Å². The highest BCUT2D eigenvalue weighted by atomic mass is 16.5. The second-order valence-corrected chi connectivity index (χ2v) is 4.11. The lowest BCUT2D eigenvalue weighted by atomic mass is 10.1. The lowest BCUT2D eigenvalue weighted by Gasteiger charge is -2.15. The standard InChI is InChI=1S/C14H28O/c1-4-7-8-9-10-11-12-14(6-3)15-13-5-2/h4,7,14H,5-6,8-13H2,1-3H3/b7-4+. The minimum absolute atomic E-state index is 0.506. The van der Waals surface area contributed by atoms with Crippen molar-refractivity contribution in [2.24, 2.45) is 0 Å². The molecule has 0 aromatic carbocycles. The molecular formula is C14H28O. The average molecular weight is 212 g/mol. The molecule has 1 heteroatoms. The molecule has 0 aromatic heterocycles. The molecule has 0 bridgehead atoms. The molecule has 0 rings (SSSR count). The molecule has 0 radical (unpaired) electrons. The summed E-state index contributed by atoms with van der Waals surface area (Å²) >= 11 is 0. The van der Waals surface area contributed by atoms with Gasteiger partial charge in [-0.2, -0.15) is 0 Å². The van der Waals surface area contributed by atoms with Crippen LogP contribution in [0.25, 0.3) is 0 Å². The zero-order valence-electron chi connectivity index (χ0n) is 10.8. The van der Waals surface area contributed by atoms with Crippen LogP contribution in [-0.4, -0.2) is 12.7 Å². The van der Waals surface area contributed by atoms with E-state index in [9.17, 15) is 0 Å². The Morgan fingerprint density at radius 3 is 2.53 bits per heavy atom. The third kappa shape index (κ3) is 9.99. The second-order valence-electron chi connectivity index (χ2n) is 4.11. The summed E-state index contributed by atoms with van der Waals surface area (Å²) in [7, 11) is 0. The number of hydrogen-bond donors (Lipinski definition) is 0. The van der Waals surface area contributed by atoms with E-state index in [2.05, 4.69) is 32.9 Å². The molecule has 15 heavy (non-hydrogen) atoms. The Labute approximate surface area is 95.9 Å². The fourth-order valence-electron chi connectivity index (χ4n) is 1.67. The van der Waals surface area contributed by atoms with Crippen LogP contribution in [0.3, 0.4) is 0 Å². The first-order chi connectivity index (χ1) is 7.35. The van der Waals surface area contributed by atoms with Crippen LogP contribution in [-0.2, 0) is 4.74 Å². The maximum atomic E-state index is 5.75. The molecule has 0 spiro atoms. The molecule has 0 aliphatic heterocycles. The number of unbranched alkanes of at least 4 members (excludes halogenated alkanes) is 3. The van der Waals surface area contributed by atoms with E-state index in [1.807, 2.05) is 0 Å². The minimum Gasteiger partial charge on any atom is -0.378 e. The van der Waals surface area contributed by atoms with Crippen molar-refractivity contribution in [2.45, 2.75) is 71.8 Å². The zero-order chi connectivity index (χ0) is 11.4. The predicted octanol–water partition coefficient (Wildman–Crippen LogP) is 4.72. The van der Waals surface area contributed by atoms with Gasteiger partial charge in [-0.1, -0.05) is 38.8 Å². The summed E-state index contributed by atoms with van der Waals surface area (Å²) < 4.78 is 5.75. The summed E-state index contributed by atoms with van der Waals surface area (Å²) in [5, 5.41) is 0. The first kappa shape index (κ1) is 14.7. The van der Waals surface area contributed by atoms with Crippen LogP contribution < -0.4 is 0 Å². The van der Waals surface area contributed by atoms with Crippen LogP contribution in [0.1, 0.15) is 65.7 Å². The van der Waals surface area contributed by atoms with Gasteiger partial charge in [0.05, 0.1) is 6.10 Å². The molecule has 0 N–H and O–H groups in total. The van der Waals surface area contributed by atoms with Crippen LogP contribution in [0.2, 0.25) is 0 Å². The average Bonchev–Trinajstić information content (AvgIpc) is 2.27. The van der Waals surface area contributed by atoms with Gasteiger partial charge in [0.1, 0.15) is 0 Å². The molecular weight excluding hydrogens is 184 g/mol. The molecule has 1 unspecified atom stereocenters. The van der Waals surface area contributed by atoms with Gasteiger partial charge in [0.25, 0.3) is 0 Å². The van der Waals surface area contributed by atoms with Crippen molar-refractivity contribution in [2.75, 3.05) is 6.61 Å². The van der Waals surface area contributed by atoms with Gasteiger partial charge in [-0.3, -0.25) is 0 Å². The van der Waals surface area contributed by atoms with Gasteiger partial charge in [0.15, 0.2) is 0 Å². The molecule has 0 fully saturated rings. The smallest absolute Gasteiger partial charge is 0.0572 e. The van der Waals surface area contributed by atoms with Crippen molar-refractivity contribution in [3.8, 4) is 0 Å². The third-order valence-electron chi connectivity index (χ3n) is 2.65. The van der Waals surface area contributed by atoms with Crippen LogP contribution in [0.5, 0.6) is 0 Å². The predicted molar refractivity (Wildman–Crippen MR) is 68.2 cm³/mol. The van der Waals surface area contributed by atoms with E-state index >= 15 is 0 Å². The van der Waals surface area contributed by atoms with Crippen molar-refractivity contribution in [3.63, 3.8) is 0 Å². The summed E-state index contributed by atoms with van der Waals surface area (Å²) in [5.74, 6) is 0. The highest BCUT2D eigenvalue weighted by Crippen LogP contribution is 2.11. The molecule has 0 heterocycles. The molecule has 0 amide bonds. The van der Waals surface area contributed by atoms with Gasteiger partial charge in [0.2, 0.25) is 0 Å². The lowest BCUT2D eigenvalue weighted by molar-refractivity contribution is 0.0436. The molecule has 1 nitrogen and oxygen atoms in total. The van der Waals surface area contributed by atoms with Crippen LogP contribution in [0, 0.1) is 0 Å². The molecule has 90 valence electrons. The zero-order valence-corrected chi connectivity index (χ0v) is 10.8. The summed E-state index contributed by atoms with van der Waals surface area (Å²) in [6.45, 7) is 7.41. The third-order valence-corrected chi connectivity index (χ3v) is 2.65. The lowest BCUT2D eigenvalue weighted by Crippen LogP contribution is -2.12. The second kappa shape index (κ2) is 11.8. The normalized spacial score (nSPS) is 13.5. The number of ether oxygens (including phenoxy) is 1. The van der Waals surface area contributed by atoms with E-state index in [4.69, 9.17) is 4.74 Å². The van der Waals surface area contributed by atoms with Crippen molar-refractivity contribution in [1.82, 2.24) is 0 Å². The Morgan fingerprint density at radius 1 is 1.13 bits per heavy atom. The topological polar surface area (TPSA) is 9.23 Å². The minimum atomic E-state index is 0.506. The molecule has 0 saturated carbocycles. The van der Waals surface area contributed by atoms with Gasteiger partial charge in [-0.15, -0.1) is 0 Å². The van der Waals surface area contributed by atoms with E-state index in [1.54, 1.807) is 0 Å². The fraction of sp³-hybridized carbons (Fsp3) is 0.857. The van der Waals surface area contributed by atoms with Crippen molar-refractivity contribution >= 4 is 0 Å². The fourth-order valence-corrected chi connectivity index (χ4v) is 1.67. The van der Waals surface area contributed by atoms with E-state index in [0.717, 1.165) is 19.4 Å². The van der Waals surface area contributed by atoms with E-state index < -0.39 is 0 Å². The first-order valence-corrected chi connectivity index (χ1v) is 6.57. The maximum absolute atomic E-state index is 5.75. The van der Waals surface area contributed by atoms with Gasteiger partial charge in [-0.25, -0.2) is 0 Å². The van der Waals surface area contributed by atoms with Crippen molar-refractivity contribution in [3.05, 3.63) is 12.2 Å². The largest absolute Gasteiger partial charge is 0.378 e. The number of hydrogen-bond acceptors (Lipinski definition) is 1. The number of allylic oxidation sites excluding steroid dienone is 2. The van der Waals surface area contributed by atoms with E-state index in [0.29, 0.717) is 6.10 Å². The van der Waals surface area contributed by atoms with Crippen LogP contribution in [0.4, 0.5) is 0 Å². The Bertz CT molecular complexity index is 140. The molecule has 1 atom stereocenters. The Balaban J connectivity index is 3.29. The SMILES string of the molecule is C/C=C/CCCCCC(CC)OCCC. The van der Waals surface area contributed by atoms with Crippen LogP contribution >= 0.6 is 0 Å². The monoisotopic (exact) mass is 212 g/mol. The highest BCUT2D eigenvalue weighted by molar-refractivity contribution is 4.76. The molecule has 0 saturated heterocycles. The highest BCUT2D eigenvalue weighted by Gasteiger charge is 2.04. The van der Waals surface area contributed by atoms with E-state index in [-0.39, 0.29) is 0 Å². The van der Waals surface area contributed by atoms with Gasteiger partial charge >= 0.3 is 0 Å². The molecule has 0 aliphatic carbocycles. The summed E-state index contributed by atoms with van der Waals surface area (Å²) in [5.41, 5.74) is 0. The quantitative estimate of drug-likeness (QED) is 0.376. The number of rotatable bonds is 10. The maximum Gasteiger partial charge on any atom is 0.0572 e. The Kier molecular flexibility index (Phi) is 11.5. The van der Waals surface area contributed by atoms with E-state index in [1.165, 1.54) is 32.1 Å². The molecule has 0 aliphatic rings. The summed E-state index contributed by atoms with van der Waals surface area (Å²) in [6.07, 6.45) is 13.7. The Morgan fingerprint density at radius 2 is 1.93 bits per heavy atom. The van der Waals surface area contributed by atoms with Crippen molar-refractivity contribution < 1.29 is 4.74 Å². The summed E-state index contributed by atoms with van der Waals surface area (Å²) in [6, 6.07) is 0. The van der Waals surface area contributed by atoms with Gasteiger partial charge in [0, 0.05) is 6.61 Å². The first-order valence-electron chi connectivity index (χ1n) is 6.57. The van der Waals surface area contributed by atoms with Gasteiger partial charge < -0.3 is 4.74 Å². The summed E-state index contributed by atoms with van der Waals surface area (Å²) in [4.78, 5) is 0. The Hall–Kier alpha value is -0.300. The molecule has 0 aromatic rings. The van der Waals surface area contributed by atoms with Crippen molar-refractivity contribution in [1.29, 1.82) is 0 Å².